The molecule has 3 rings (SSSR count). The molecule has 0 aliphatic carbocycles. The third kappa shape index (κ3) is 5.93. The van der Waals surface area contributed by atoms with E-state index in [0.717, 1.165) is 5.13 Å². The normalized spacial score (nSPS) is 13.8. The Kier molecular flexibility index (Phi) is 8.36. The van der Waals surface area contributed by atoms with E-state index in [2.05, 4.69) is 15.5 Å². The van der Waals surface area contributed by atoms with E-state index in [1.807, 2.05) is 4.90 Å². The number of aromatic nitrogens is 2. The minimum absolute atomic E-state index is 0.0549. The number of nitrogens with one attached hydrogen (secondary N) is 1. The van der Waals surface area contributed by atoms with Crippen LogP contribution in [0.25, 0.3) is 0 Å². The van der Waals surface area contributed by atoms with Gasteiger partial charge in [-0.25, -0.2) is 0 Å². The highest BCUT2D eigenvalue weighted by atomic mass is 32.2. The van der Waals surface area contributed by atoms with Crippen molar-refractivity contribution in [2.75, 3.05) is 57.1 Å². The summed E-state index contributed by atoms with van der Waals surface area (Å²) in [7, 11) is 1.58. The maximum atomic E-state index is 12.9. The highest BCUT2D eigenvalue weighted by molar-refractivity contribution is 8.01. The number of ether oxygens (including phenoxy) is 1. The van der Waals surface area contributed by atoms with Crippen molar-refractivity contribution in [2.45, 2.75) is 11.3 Å². The zero-order valence-electron chi connectivity index (χ0n) is 17.8. The van der Waals surface area contributed by atoms with Gasteiger partial charge >= 0.3 is 0 Å². The van der Waals surface area contributed by atoms with Crippen LogP contribution in [0.3, 0.4) is 0 Å². The molecule has 0 unspecified atom stereocenters. The van der Waals surface area contributed by atoms with Crippen LogP contribution >= 0.6 is 23.1 Å². The van der Waals surface area contributed by atoms with E-state index in [9.17, 15) is 19.7 Å². The molecule has 172 valence electrons. The Bertz CT molecular complexity index is 977. The van der Waals surface area contributed by atoms with Crippen LogP contribution in [0, 0.1) is 17.0 Å². The lowest BCUT2D eigenvalue weighted by Gasteiger charge is -2.34. The summed E-state index contributed by atoms with van der Waals surface area (Å²) in [6.45, 7) is 4.65. The van der Waals surface area contributed by atoms with Gasteiger partial charge in [0.1, 0.15) is 0 Å². The van der Waals surface area contributed by atoms with Crippen molar-refractivity contribution >= 4 is 45.7 Å². The van der Waals surface area contributed by atoms with Gasteiger partial charge in [-0.15, -0.1) is 10.2 Å². The summed E-state index contributed by atoms with van der Waals surface area (Å²) in [6, 6.07) is 4.56. The van der Waals surface area contributed by atoms with Crippen LogP contribution in [0.15, 0.2) is 22.5 Å². The number of hydrogen-bond donors (Lipinski definition) is 1. The molecule has 2 amide bonds. The number of methoxy groups -OCH3 is 1. The number of nitrogens with zero attached hydrogens (tertiary/aromatic N) is 5. The van der Waals surface area contributed by atoms with Gasteiger partial charge in [0, 0.05) is 57.0 Å². The fourth-order valence-electron chi connectivity index (χ4n) is 3.18. The largest absolute Gasteiger partial charge is 0.383 e. The summed E-state index contributed by atoms with van der Waals surface area (Å²) in [5, 5.41) is 23.0. The van der Waals surface area contributed by atoms with Crippen LogP contribution in [-0.4, -0.2) is 84.0 Å². The van der Waals surface area contributed by atoms with Gasteiger partial charge in [0.2, 0.25) is 11.0 Å². The summed E-state index contributed by atoms with van der Waals surface area (Å²) >= 11 is 2.73. The second-order valence-electron chi connectivity index (χ2n) is 6.97. The van der Waals surface area contributed by atoms with Gasteiger partial charge in [0.25, 0.3) is 11.6 Å². The summed E-state index contributed by atoms with van der Waals surface area (Å²) in [6.07, 6.45) is 0. The van der Waals surface area contributed by atoms with Gasteiger partial charge in [-0.1, -0.05) is 29.2 Å². The van der Waals surface area contributed by atoms with Crippen LogP contribution in [0.2, 0.25) is 0 Å². The summed E-state index contributed by atoms with van der Waals surface area (Å²) < 4.78 is 5.60. The van der Waals surface area contributed by atoms with Crippen LogP contribution in [0.1, 0.15) is 15.9 Å². The Morgan fingerprint density at radius 1 is 1.28 bits per heavy atom. The predicted molar refractivity (Wildman–Crippen MR) is 121 cm³/mol. The lowest BCUT2D eigenvalue weighted by atomic mass is 10.1. The molecule has 11 nitrogen and oxygen atoms in total. The molecule has 1 N–H and O–H groups in total. The fourth-order valence-corrected chi connectivity index (χ4v) is 4.91. The van der Waals surface area contributed by atoms with Crippen LogP contribution in [-0.2, 0) is 9.53 Å². The average molecular weight is 481 g/mol. The molecular formula is C19H24N6O5S2. The molecule has 1 aliphatic rings. The highest BCUT2D eigenvalue weighted by Crippen LogP contribution is 2.29. The first-order valence-electron chi connectivity index (χ1n) is 9.91. The molecule has 2 aromatic rings. The summed E-state index contributed by atoms with van der Waals surface area (Å²) in [5.74, 6) is -0.0466. The molecule has 1 aliphatic heterocycles. The fraction of sp³-hybridized carbons (Fsp3) is 0.474. The molecule has 0 atom stereocenters. The van der Waals surface area contributed by atoms with E-state index >= 15 is 0 Å². The number of carbonyl (C=O) groups excluding carboxylic acids is 2. The van der Waals surface area contributed by atoms with Gasteiger partial charge in [-0.05, 0) is 13.0 Å². The van der Waals surface area contributed by atoms with Crippen molar-refractivity contribution in [1.82, 2.24) is 20.4 Å². The number of anilines is 1. The van der Waals surface area contributed by atoms with Crippen LogP contribution in [0.5, 0.6) is 0 Å². The molecule has 0 radical (unpaired) electrons. The van der Waals surface area contributed by atoms with E-state index in [1.54, 1.807) is 25.0 Å². The number of carbonyl (C=O) groups is 2. The number of nitro benzene ring substituents is 1. The molecule has 1 aromatic heterocycles. The number of nitro groups is 1. The number of rotatable bonds is 9. The van der Waals surface area contributed by atoms with Crippen molar-refractivity contribution in [3.8, 4) is 0 Å². The third-order valence-corrected chi connectivity index (χ3v) is 7.04. The summed E-state index contributed by atoms with van der Waals surface area (Å²) in [4.78, 5) is 39.1. The number of thioether (sulfide) groups is 1. The maximum absolute atomic E-state index is 12.9. The number of hydrogen-bond acceptors (Lipinski definition) is 10. The molecule has 0 bridgehead atoms. The Labute approximate surface area is 193 Å². The Morgan fingerprint density at radius 2 is 2.03 bits per heavy atom. The quantitative estimate of drug-likeness (QED) is 0.246. The minimum atomic E-state index is -0.474. The van der Waals surface area contributed by atoms with Crippen molar-refractivity contribution in [1.29, 1.82) is 0 Å². The smallest absolute Gasteiger partial charge is 0.273 e. The van der Waals surface area contributed by atoms with Gasteiger partial charge in [0.15, 0.2) is 4.34 Å². The Balaban J connectivity index is 1.52. The lowest BCUT2D eigenvalue weighted by Crippen LogP contribution is -2.49. The van der Waals surface area contributed by atoms with Crippen molar-refractivity contribution in [2.24, 2.45) is 0 Å². The van der Waals surface area contributed by atoms with E-state index in [0.29, 0.717) is 54.8 Å². The first-order chi connectivity index (χ1) is 15.4. The Morgan fingerprint density at radius 3 is 2.72 bits per heavy atom. The molecule has 0 saturated carbocycles. The predicted octanol–water partition coefficient (Wildman–Crippen LogP) is 1.57. The van der Waals surface area contributed by atoms with Crippen molar-refractivity contribution < 1.29 is 19.2 Å². The lowest BCUT2D eigenvalue weighted by molar-refractivity contribution is -0.385. The second kappa shape index (κ2) is 11.2. The molecule has 32 heavy (non-hydrogen) atoms. The molecular weight excluding hydrogens is 456 g/mol. The number of benzene rings is 1. The van der Waals surface area contributed by atoms with Crippen LogP contribution < -0.4 is 10.2 Å². The monoisotopic (exact) mass is 480 g/mol. The van der Waals surface area contributed by atoms with Gasteiger partial charge < -0.3 is 19.9 Å². The topological polar surface area (TPSA) is 131 Å². The summed E-state index contributed by atoms with van der Waals surface area (Å²) in [5.41, 5.74) is 0.675. The minimum Gasteiger partial charge on any atom is -0.383 e. The number of piperazine rings is 1. The molecule has 1 fully saturated rings. The van der Waals surface area contributed by atoms with Gasteiger partial charge in [-0.2, -0.15) is 0 Å². The zero-order chi connectivity index (χ0) is 23.1. The molecule has 1 saturated heterocycles. The number of amides is 2. The average Bonchev–Trinajstić information content (AvgIpc) is 3.26. The van der Waals surface area contributed by atoms with Crippen molar-refractivity contribution in [3.05, 3.63) is 39.4 Å². The van der Waals surface area contributed by atoms with Gasteiger partial charge in [0.05, 0.1) is 17.3 Å². The van der Waals surface area contributed by atoms with E-state index in [1.165, 1.54) is 35.2 Å². The zero-order valence-corrected chi connectivity index (χ0v) is 19.4. The maximum Gasteiger partial charge on any atom is 0.273 e. The molecule has 2 heterocycles. The highest BCUT2D eigenvalue weighted by Gasteiger charge is 2.27. The molecule has 1 aromatic carbocycles. The second-order valence-corrected chi connectivity index (χ2v) is 9.15. The standard InChI is InChI=1S/C19H24N6O5S2/c1-13-14(4-3-5-15(13)25(28)29)17(27)23-7-9-24(10-8-23)18-21-22-19(32-18)31-12-16(26)20-6-11-30-2/h3-5H,6-12H2,1-2H3,(H,20,26). The first kappa shape index (κ1) is 23.9. The van der Waals surface area contributed by atoms with Gasteiger partial charge in [-0.3, -0.25) is 19.7 Å². The first-order valence-corrected chi connectivity index (χ1v) is 11.7. The van der Waals surface area contributed by atoms with Crippen LogP contribution in [0.4, 0.5) is 10.8 Å². The Hall–Kier alpha value is -2.77. The SMILES string of the molecule is COCCNC(=O)CSc1nnc(N2CCN(C(=O)c3cccc([N+](=O)[O-])c3C)CC2)s1. The van der Waals surface area contributed by atoms with Crippen molar-refractivity contribution in [3.63, 3.8) is 0 Å². The molecule has 13 heteroatoms. The van der Waals surface area contributed by atoms with E-state index in [4.69, 9.17) is 4.74 Å². The molecule has 0 spiro atoms. The van der Waals surface area contributed by atoms with E-state index < -0.39 is 4.92 Å². The third-order valence-electron chi connectivity index (χ3n) is 4.92. The van der Waals surface area contributed by atoms with E-state index in [-0.39, 0.29) is 23.3 Å².